The first-order valence-electron chi connectivity index (χ1n) is 9.59. The van der Waals surface area contributed by atoms with E-state index >= 15 is 0 Å². The number of hydrogen-bond donors (Lipinski definition) is 1. The zero-order valence-corrected chi connectivity index (χ0v) is 17.1. The van der Waals surface area contributed by atoms with Gasteiger partial charge in [0, 0.05) is 22.2 Å². The average Bonchev–Trinajstić information content (AvgIpc) is 2.71. The molecular formula is C22H23Cl2N3O. The molecule has 1 amide bonds. The maximum Gasteiger partial charge on any atom is 0.251 e. The first-order chi connectivity index (χ1) is 13.6. The number of rotatable bonds is 6. The predicted octanol–water partition coefficient (Wildman–Crippen LogP) is 6.10. The fourth-order valence-corrected chi connectivity index (χ4v) is 3.71. The third kappa shape index (κ3) is 6.20. The van der Waals surface area contributed by atoms with Crippen molar-refractivity contribution >= 4 is 40.8 Å². The summed E-state index contributed by atoms with van der Waals surface area (Å²) in [5.74, 6) is -0.128. The molecule has 28 heavy (non-hydrogen) atoms. The van der Waals surface area contributed by atoms with E-state index in [4.69, 9.17) is 23.2 Å². The number of halogens is 2. The quantitative estimate of drug-likeness (QED) is 0.568. The van der Waals surface area contributed by atoms with Gasteiger partial charge in [-0.1, -0.05) is 48.5 Å². The van der Waals surface area contributed by atoms with E-state index in [0.29, 0.717) is 34.6 Å². The minimum Gasteiger partial charge on any atom is -0.352 e. The second-order valence-corrected chi connectivity index (χ2v) is 7.76. The summed E-state index contributed by atoms with van der Waals surface area (Å²) in [4.78, 5) is 20.9. The smallest absolute Gasteiger partial charge is 0.251 e. The van der Waals surface area contributed by atoms with Crippen LogP contribution in [0.1, 0.15) is 48.0 Å². The zero-order valence-electron chi connectivity index (χ0n) is 15.6. The second kappa shape index (κ2) is 10.4. The molecule has 0 atom stereocenters. The summed E-state index contributed by atoms with van der Waals surface area (Å²) >= 11 is 12.0. The van der Waals surface area contributed by atoms with Crippen LogP contribution in [0, 0.1) is 0 Å². The van der Waals surface area contributed by atoms with Crippen LogP contribution in [0.3, 0.4) is 0 Å². The van der Waals surface area contributed by atoms with Gasteiger partial charge in [0.15, 0.2) is 0 Å². The zero-order chi connectivity index (χ0) is 19.8. The number of nitrogens with zero attached hydrogens (tertiary/aromatic N) is 2. The van der Waals surface area contributed by atoms with Crippen LogP contribution in [0.5, 0.6) is 0 Å². The number of amides is 1. The van der Waals surface area contributed by atoms with Gasteiger partial charge in [0.05, 0.1) is 17.7 Å². The van der Waals surface area contributed by atoms with E-state index < -0.39 is 0 Å². The van der Waals surface area contributed by atoms with E-state index in [1.54, 1.807) is 36.4 Å². The number of carbonyl (C=O) groups excluding carboxylic acids is 1. The van der Waals surface area contributed by atoms with E-state index in [0.717, 1.165) is 24.1 Å². The summed E-state index contributed by atoms with van der Waals surface area (Å²) in [6.07, 6.45) is 6.68. The van der Waals surface area contributed by atoms with Crippen LogP contribution in [-0.4, -0.2) is 24.5 Å². The summed E-state index contributed by atoms with van der Waals surface area (Å²) < 4.78 is 0. The van der Waals surface area contributed by atoms with E-state index in [1.165, 1.54) is 19.3 Å². The lowest BCUT2D eigenvalue weighted by molar-refractivity contribution is 0.0954. The van der Waals surface area contributed by atoms with Crippen LogP contribution in [0.2, 0.25) is 10.0 Å². The lowest BCUT2D eigenvalue weighted by Crippen LogP contribution is -2.25. The van der Waals surface area contributed by atoms with Gasteiger partial charge in [-0.3, -0.25) is 4.79 Å². The molecule has 146 valence electrons. The second-order valence-electron chi connectivity index (χ2n) is 6.92. The summed E-state index contributed by atoms with van der Waals surface area (Å²) in [5, 5.41) is 4.11. The Morgan fingerprint density at radius 3 is 2.54 bits per heavy atom. The fourth-order valence-electron chi connectivity index (χ4n) is 3.20. The molecule has 1 saturated carbocycles. The van der Waals surface area contributed by atoms with Gasteiger partial charge in [0.25, 0.3) is 5.91 Å². The van der Waals surface area contributed by atoms with Crippen molar-refractivity contribution < 1.29 is 4.79 Å². The molecule has 0 unspecified atom stereocenters. The molecule has 3 rings (SSSR count). The molecule has 0 saturated heterocycles. The Balaban J connectivity index is 1.49. The third-order valence-electron chi connectivity index (χ3n) is 4.82. The molecule has 0 heterocycles. The molecule has 2 aromatic carbocycles. The van der Waals surface area contributed by atoms with E-state index in [1.807, 2.05) is 6.07 Å². The van der Waals surface area contributed by atoms with Gasteiger partial charge in [-0.25, -0.2) is 4.99 Å². The number of hydrogen-bond acceptors (Lipinski definition) is 3. The lowest BCUT2D eigenvalue weighted by Gasteiger charge is -2.15. The van der Waals surface area contributed by atoms with E-state index in [-0.39, 0.29) is 5.91 Å². The number of carbonyl (C=O) groups is 1. The SMILES string of the molecule is O=C(NCCc1ccc(Cl)cc1Cl)c1ccc(N=C=NC2CCCCC2)cc1. The number of aliphatic imine (C=N–C) groups is 2. The van der Waals surface area contributed by atoms with Crippen LogP contribution in [0.15, 0.2) is 52.4 Å². The average molecular weight is 416 g/mol. The van der Waals surface area contributed by atoms with E-state index in [9.17, 15) is 4.79 Å². The molecule has 0 bridgehead atoms. The lowest BCUT2D eigenvalue weighted by atomic mass is 9.96. The molecular weight excluding hydrogens is 393 g/mol. The fraction of sp³-hybridized carbons (Fsp3) is 0.364. The van der Waals surface area contributed by atoms with Crippen molar-refractivity contribution in [3.8, 4) is 0 Å². The van der Waals surface area contributed by atoms with Crippen molar-refractivity contribution in [3.63, 3.8) is 0 Å². The summed E-state index contributed by atoms with van der Waals surface area (Å²) in [6, 6.07) is 15.7. The molecule has 0 radical (unpaired) electrons. The molecule has 6 heteroatoms. The van der Waals surface area contributed by atoms with Crippen molar-refractivity contribution in [1.82, 2.24) is 5.32 Å². The van der Waals surface area contributed by atoms with Gasteiger partial charge in [0.1, 0.15) is 0 Å². The highest BCUT2D eigenvalue weighted by atomic mass is 35.5. The van der Waals surface area contributed by atoms with Crippen LogP contribution in [0.4, 0.5) is 5.69 Å². The highest BCUT2D eigenvalue weighted by Crippen LogP contribution is 2.21. The Labute approximate surface area is 175 Å². The highest BCUT2D eigenvalue weighted by molar-refractivity contribution is 6.35. The summed E-state index contributed by atoms with van der Waals surface area (Å²) in [5.41, 5.74) is 2.28. The molecule has 0 aromatic heterocycles. The Hall–Kier alpha value is -2.13. The standard InChI is InChI=1S/C22H23Cl2N3O/c23-18-9-6-16(21(24)14-18)12-13-25-22(28)17-7-10-20(11-8-17)27-15-26-19-4-2-1-3-5-19/h6-11,14,19H,1-5,12-13H2,(H,25,28). The molecule has 0 aliphatic heterocycles. The van der Waals surface area contributed by atoms with Crippen molar-refractivity contribution in [1.29, 1.82) is 0 Å². The van der Waals surface area contributed by atoms with Crippen LogP contribution in [-0.2, 0) is 6.42 Å². The summed E-state index contributed by atoms with van der Waals surface area (Å²) in [7, 11) is 0. The van der Waals surface area contributed by atoms with Gasteiger partial charge in [-0.05, 0) is 61.2 Å². The van der Waals surface area contributed by atoms with Crippen LogP contribution < -0.4 is 5.32 Å². The van der Waals surface area contributed by atoms with Gasteiger partial charge in [-0.15, -0.1) is 0 Å². The highest BCUT2D eigenvalue weighted by Gasteiger charge is 2.10. The number of nitrogens with one attached hydrogen (secondary N) is 1. The molecule has 1 N–H and O–H groups in total. The molecule has 4 nitrogen and oxygen atoms in total. The minimum atomic E-state index is -0.128. The van der Waals surface area contributed by atoms with Gasteiger partial charge in [0.2, 0.25) is 0 Å². The minimum absolute atomic E-state index is 0.128. The van der Waals surface area contributed by atoms with Crippen LogP contribution >= 0.6 is 23.2 Å². The predicted molar refractivity (Wildman–Crippen MR) is 115 cm³/mol. The van der Waals surface area contributed by atoms with Crippen molar-refractivity contribution in [2.45, 2.75) is 44.6 Å². The normalized spacial score (nSPS) is 14.2. The van der Waals surface area contributed by atoms with Crippen molar-refractivity contribution in [2.75, 3.05) is 6.54 Å². The Morgan fingerprint density at radius 1 is 1.07 bits per heavy atom. The first-order valence-corrected chi connectivity index (χ1v) is 10.4. The third-order valence-corrected chi connectivity index (χ3v) is 5.41. The van der Waals surface area contributed by atoms with Gasteiger partial charge < -0.3 is 5.32 Å². The molecule has 1 aliphatic rings. The molecule has 1 fully saturated rings. The Bertz CT molecular complexity index is 868. The largest absolute Gasteiger partial charge is 0.352 e. The Kier molecular flexibility index (Phi) is 7.67. The maximum atomic E-state index is 12.3. The van der Waals surface area contributed by atoms with Crippen molar-refractivity contribution in [2.24, 2.45) is 9.98 Å². The first kappa shape index (κ1) is 20.6. The Morgan fingerprint density at radius 2 is 1.82 bits per heavy atom. The topological polar surface area (TPSA) is 53.8 Å². The maximum absolute atomic E-state index is 12.3. The monoisotopic (exact) mass is 415 g/mol. The van der Waals surface area contributed by atoms with Gasteiger partial charge >= 0.3 is 0 Å². The van der Waals surface area contributed by atoms with Crippen LogP contribution in [0.25, 0.3) is 0 Å². The van der Waals surface area contributed by atoms with Gasteiger partial charge in [-0.2, -0.15) is 4.99 Å². The summed E-state index contributed by atoms with van der Waals surface area (Å²) in [6.45, 7) is 0.494. The molecule has 2 aromatic rings. The van der Waals surface area contributed by atoms with E-state index in [2.05, 4.69) is 21.3 Å². The molecule has 0 spiro atoms. The molecule has 1 aliphatic carbocycles. The number of benzene rings is 2. The van der Waals surface area contributed by atoms with Crippen molar-refractivity contribution in [3.05, 3.63) is 63.6 Å².